The molecule has 0 bridgehead atoms. The van der Waals surface area contributed by atoms with Crippen molar-refractivity contribution in [2.45, 2.75) is 37.8 Å². The maximum atomic E-state index is 13.3. The van der Waals surface area contributed by atoms with Crippen LogP contribution in [0.15, 0.2) is 18.2 Å². The van der Waals surface area contributed by atoms with Gasteiger partial charge in [0.25, 0.3) is 5.91 Å². The van der Waals surface area contributed by atoms with Crippen molar-refractivity contribution in [2.24, 2.45) is 5.73 Å². The second-order valence-corrected chi connectivity index (χ2v) is 4.88. The maximum Gasteiger partial charge on any atom is 0.251 e. The molecule has 0 heterocycles. The number of methoxy groups -OCH3 is 1. The van der Waals surface area contributed by atoms with E-state index in [1.807, 2.05) is 0 Å². The van der Waals surface area contributed by atoms with Crippen LogP contribution < -0.4 is 15.8 Å². The van der Waals surface area contributed by atoms with Crippen molar-refractivity contribution in [2.75, 3.05) is 7.11 Å². The summed E-state index contributed by atoms with van der Waals surface area (Å²) < 4.78 is 18.1. The molecular formula is C14H19FN2O2. The first-order valence-electron chi connectivity index (χ1n) is 6.52. The van der Waals surface area contributed by atoms with E-state index in [0.717, 1.165) is 25.7 Å². The Labute approximate surface area is 112 Å². The van der Waals surface area contributed by atoms with Crippen LogP contribution in [0.3, 0.4) is 0 Å². The Hall–Kier alpha value is -1.62. The summed E-state index contributed by atoms with van der Waals surface area (Å²) in [6, 6.07) is 4.08. The van der Waals surface area contributed by atoms with E-state index in [9.17, 15) is 9.18 Å². The molecule has 1 amide bonds. The molecule has 5 heteroatoms. The molecule has 0 aliphatic heterocycles. The van der Waals surface area contributed by atoms with Crippen LogP contribution >= 0.6 is 0 Å². The molecule has 1 aromatic carbocycles. The number of ether oxygens (including phenoxy) is 1. The molecule has 104 valence electrons. The van der Waals surface area contributed by atoms with Crippen molar-refractivity contribution in [1.29, 1.82) is 0 Å². The van der Waals surface area contributed by atoms with E-state index in [-0.39, 0.29) is 23.7 Å². The third-order valence-corrected chi connectivity index (χ3v) is 3.55. The second-order valence-electron chi connectivity index (χ2n) is 4.88. The van der Waals surface area contributed by atoms with Gasteiger partial charge in [0, 0.05) is 17.6 Å². The van der Waals surface area contributed by atoms with Gasteiger partial charge in [-0.3, -0.25) is 4.79 Å². The molecule has 1 aromatic rings. The lowest BCUT2D eigenvalue weighted by Gasteiger charge is -2.29. The highest BCUT2D eigenvalue weighted by Gasteiger charge is 2.24. The third-order valence-electron chi connectivity index (χ3n) is 3.55. The molecular weight excluding hydrogens is 247 g/mol. The van der Waals surface area contributed by atoms with Gasteiger partial charge in [0.1, 0.15) is 0 Å². The summed E-state index contributed by atoms with van der Waals surface area (Å²) in [6.07, 6.45) is 4.01. The van der Waals surface area contributed by atoms with Gasteiger partial charge in [0.15, 0.2) is 11.6 Å². The highest BCUT2D eigenvalue weighted by atomic mass is 19.1. The van der Waals surface area contributed by atoms with Gasteiger partial charge in [-0.25, -0.2) is 4.39 Å². The number of benzene rings is 1. The summed E-state index contributed by atoms with van der Waals surface area (Å²) in [5, 5.41) is 2.91. The summed E-state index contributed by atoms with van der Waals surface area (Å²) >= 11 is 0. The predicted molar refractivity (Wildman–Crippen MR) is 70.6 cm³/mol. The average molecular weight is 266 g/mol. The fourth-order valence-corrected chi connectivity index (χ4v) is 2.39. The van der Waals surface area contributed by atoms with Crippen molar-refractivity contribution >= 4 is 5.91 Å². The molecule has 3 N–H and O–H groups in total. The van der Waals surface area contributed by atoms with Gasteiger partial charge in [0.2, 0.25) is 0 Å². The molecule has 2 rings (SSSR count). The predicted octanol–water partition coefficient (Wildman–Crippen LogP) is 1.83. The van der Waals surface area contributed by atoms with Crippen LogP contribution in [0, 0.1) is 5.82 Å². The highest BCUT2D eigenvalue weighted by molar-refractivity contribution is 5.94. The first-order valence-corrected chi connectivity index (χ1v) is 6.52. The lowest BCUT2D eigenvalue weighted by Crippen LogP contribution is -2.49. The number of halogens is 1. The van der Waals surface area contributed by atoms with Crippen molar-refractivity contribution < 1.29 is 13.9 Å². The summed E-state index contributed by atoms with van der Waals surface area (Å²) in [7, 11) is 1.37. The summed E-state index contributed by atoms with van der Waals surface area (Å²) in [6.45, 7) is 0. The molecule has 1 aliphatic rings. The minimum absolute atomic E-state index is 0.0000407. The topological polar surface area (TPSA) is 64.3 Å². The number of nitrogens with one attached hydrogen (secondary N) is 1. The van der Waals surface area contributed by atoms with Crippen molar-refractivity contribution in [1.82, 2.24) is 5.32 Å². The number of hydrogen-bond acceptors (Lipinski definition) is 3. The molecule has 1 aliphatic carbocycles. The van der Waals surface area contributed by atoms with E-state index in [1.165, 1.54) is 25.3 Å². The molecule has 4 nitrogen and oxygen atoms in total. The first-order chi connectivity index (χ1) is 9.11. The van der Waals surface area contributed by atoms with E-state index in [0.29, 0.717) is 5.56 Å². The Balaban J connectivity index is 2.07. The Bertz CT molecular complexity index is 465. The van der Waals surface area contributed by atoms with E-state index >= 15 is 0 Å². The van der Waals surface area contributed by atoms with Crippen LogP contribution in [0.5, 0.6) is 5.75 Å². The van der Waals surface area contributed by atoms with Crippen LogP contribution in [-0.4, -0.2) is 25.1 Å². The minimum Gasteiger partial charge on any atom is -0.494 e. The SMILES string of the molecule is COc1cc(C(=O)NC2CCCCC2N)ccc1F. The quantitative estimate of drug-likeness (QED) is 0.877. The van der Waals surface area contributed by atoms with Crippen LogP contribution in [-0.2, 0) is 0 Å². The van der Waals surface area contributed by atoms with Gasteiger partial charge in [-0.2, -0.15) is 0 Å². The zero-order chi connectivity index (χ0) is 13.8. The second kappa shape index (κ2) is 6.02. The Morgan fingerprint density at radius 2 is 2.16 bits per heavy atom. The number of rotatable bonds is 3. The van der Waals surface area contributed by atoms with Gasteiger partial charge in [-0.15, -0.1) is 0 Å². The molecule has 0 spiro atoms. The molecule has 2 atom stereocenters. The Kier molecular flexibility index (Phi) is 4.37. The van der Waals surface area contributed by atoms with E-state index in [1.54, 1.807) is 0 Å². The summed E-state index contributed by atoms with van der Waals surface area (Å²) in [5.74, 6) is -0.644. The molecule has 19 heavy (non-hydrogen) atoms. The zero-order valence-electron chi connectivity index (χ0n) is 11.0. The third kappa shape index (κ3) is 3.23. The number of hydrogen-bond donors (Lipinski definition) is 2. The molecule has 1 saturated carbocycles. The van der Waals surface area contributed by atoms with E-state index in [2.05, 4.69) is 5.32 Å². The first kappa shape index (κ1) is 13.8. The van der Waals surface area contributed by atoms with E-state index < -0.39 is 5.82 Å². The number of amides is 1. The largest absolute Gasteiger partial charge is 0.494 e. The van der Waals surface area contributed by atoms with Crippen LogP contribution in [0.1, 0.15) is 36.0 Å². The number of carbonyl (C=O) groups is 1. The lowest BCUT2D eigenvalue weighted by molar-refractivity contribution is 0.0921. The summed E-state index contributed by atoms with van der Waals surface area (Å²) in [5.41, 5.74) is 6.37. The zero-order valence-corrected chi connectivity index (χ0v) is 11.0. The molecule has 0 aromatic heterocycles. The van der Waals surface area contributed by atoms with E-state index in [4.69, 9.17) is 10.5 Å². The smallest absolute Gasteiger partial charge is 0.251 e. The van der Waals surface area contributed by atoms with Crippen LogP contribution in [0.2, 0.25) is 0 Å². The van der Waals surface area contributed by atoms with Crippen molar-refractivity contribution in [3.8, 4) is 5.75 Å². The molecule has 1 fully saturated rings. The number of carbonyl (C=O) groups excluding carboxylic acids is 1. The standard InChI is InChI=1S/C14H19FN2O2/c1-19-13-8-9(6-7-10(13)15)14(18)17-12-5-3-2-4-11(12)16/h6-8,11-12H,2-5,16H2,1H3,(H,17,18). The highest BCUT2D eigenvalue weighted by Crippen LogP contribution is 2.20. The lowest BCUT2D eigenvalue weighted by atomic mass is 9.91. The fourth-order valence-electron chi connectivity index (χ4n) is 2.39. The van der Waals surface area contributed by atoms with Gasteiger partial charge >= 0.3 is 0 Å². The molecule has 0 saturated heterocycles. The minimum atomic E-state index is -0.478. The maximum absolute atomic E-state index is 13.3. The monoisotopic (exact) mass is 266 g/mol. The Morgan fingerprint density at radius 1 is 1.42 bits per heavy atom. The molecule has 0 radical (unpaired) electrons. The van der Waals surface area contributed by atoms with Gasteiger partial charge in [0.05, 0.1) is 7.11 Å². The van der Waals surface area contributed by atoms with Gasteiger partial charge in [-0.05, 0) is 31.0 Å². The van der Waals surface area contributed by atoms with Gasteiger partial charge < -0.3 is 15.8 Å². The average Bonchev–Trinajstić information content (AvgIpc) is 2.42. The van der Waals surface area contributed by atoms with Crippen LogP contribution in [0.25, 0.3) is 0 Å². The normalized spacial score (nSPS) is 22.9. The van der Waals surface area contributed by atoms with Gasteiger partial charge in [-0.1, -0.05) is 12.8 Å². The summed E-state index contributed by atoms with van der Waals surface area (Å²) in [4.78, 5) is 12.1. The van der Waals surface area contributed by atoms with Crippen molar-refractivity contribution in [3.05, 3.63) is 29.6 Å². The van der Waals surface area contributed by atoms with Crippen molar-refractivity contribution in [3.63, 3.8) is 0 Å². The fraction of sp³-hybridized carbons (Fsp3) is 0.500. The molecule has 2 unspecified atom stereocenters. The number of nitrogens with two attached hydrogens (primary N) is 1. The van der Waals surface area contributed by atoms with Crippen LogP contribution in [0.4, 0.5) is 4.39 Å². The Morgan fingerprint density at radius 3 is 2.84 bits per heavy atom.